The van der Waals surface area contributed by atoms with Gasteiger partial charge in [-0.05, 0) is 29.7 Å². The summed E-state index contributed by atoms with van der Waals surface area (Å²) in [4.78, 5) is 22.6. The normalized spacial score (nSPS) is 15.9. The fraction of sp³-hybridized carbons (Fsp3) is 0.400. The third kappa shape index (κ3) is 3.58. The fourth-order valence-electron chi connectivity index (χ4n) is 2.45. The molecule has 0 aliphatic carbocycles. The lowest BCUT2D eigenvalue weighted by atomic mass is 9.97. The van der Waals surface area contributed by atoms with Crippen LogP contribution in [0, 0.1) is 5.92 Å². The Hall–Kier alpha value is -1.95. The molecule has 2 aromatic rings. The summed E-state index contributed by atoms with van der Waals surface area (Å²) in [6.45, 7) is 2.01. The molecule has 110 valence electrons. The number of carbonyl (C=O) groups is 1. The van der Waals surface area contributed by atoms with E-state index in [0.717, 1.165) is 37.3 Å². The zero-order valence-electron chi connectivity index (χ0n) is 11.6. The van der Waals surface area contributed by atoms with Crippen LogP contribution in [0.5, 0.6) is 0 Å². The van der Waals surface area contributed by atoms with Crippen LogP contribution in [0.3, 0.4) is 0 Å². The molecule has 1 saturated heterocycles. The lowest BCUT2D eigenvalue weighted by molar-refractivity contribution is -0.150. The largest absolute Gasteiger partial charge is 0.461 e. The number of esters is 1. The molecule has 0 aromatic carbocycles. The Bertz CT molecular complexity index is 566. The average Bonchev–Trinajstić information content (AvgIpc) is 3.07. The number of ether oxygens (including phenoxy) is 1. The molecule has 3 heterocycles. The molecular formula is C15H17N3O2S. The van der Waals surface area contributed by atoms with Crippen LogP contribution in [-0.4, -0.2) is 29.0 Å². The van der Waals surface area contributed by atoms with Crippen molar-refractivity contribution in [3.63, 3.8) is 0 Å². The molecule has 1 fully saturated rings. The van der Waals surface area contributed by atoms with Crippen molar-refractivity contribution in [1.82, 2.24) is 9.97 Å². The van der Waals surface area contributed by atoms with Crippen LogP contribution < -0.4 is 4.90 Å². The number of thiophene rings is 1. The monoisotopic (exact) mass is 303 g/mol. The van der Waals surface area contributed by atoms with Crippen LogP contribution in [0.4, 0.5) is 5.82 Å². The van der Waals surface area contributed by atoms with E-state index in [1.165, 1.54) is 0 Å². The van der Waals surface area contributed by atoms with Crippen molar-refractivity contribution in [3.05, 3.63) is 41.0 Å². The van der Waals surface area contributed by atoms with E-state index in [9.17, 15) is 4.79 Å². The molecule has 21 heavy (non-hydrogen) atoms. The van der Waals surface area contributed by atoms with Crippen molar-refractivity contribution in [1.29, 1.82) is 0 Å². The number of carbonyl (C=O) groups excluding carboxylic acids is 1. The van der Waals surface area contributed by atoms with Crippen LogP contribution in [0.15, 0.2) is 35.4 Å². The van der Waals surface area contributed by atoms with Crippen molar-refractivity contribution in [2.45, 2.75) is 19.4 Å². The van der Waals surface area contributed by atoms with Crippen LogP contribution in [-0.2, 0) is 16.1 Å². The Kier molecular flexibility index (Phi) is 4.45. The van der Waals surface area contributed by atoms with E-state index in [4.69, 9.17) is 4.74 Å². The van der Waals surface area contributed by atoms with Crippen LogP contribution >= 0.6 is 11.3 Å². The Labute approximate surface area is 127 Å². The fourth-order valence-corrected chi connectivity index (χ4v) is 3.10. The first-order chi connectivity index (χ1) is 10.3. The zero-order valence-corrected chi connectivity index (χ0v) is 12.5. The predicted molar refractivity (Wildman–Crippen MR) is 81.1 cm³/mol. The Morgan fingerprint density at radius 2 is 2.24 bits per heavy atom. The van der Waals surface area contributed by atoms with Gasteiger partial charge in [0.1, 0.15) is 12.4 Å². The summed E-state index contributed by atoms with van der Waals surface area (Å²) in [6.07, 6.45) is 6.72. The molecule has 0 bridgehead atoms. The van der Waals surface area contributed by atoms with E-state index < -0.39 is 0 Å². The Morgan fingerprint density at radius 3 is 2.90 bits per heavy atom. The SMILES string of the molecule is O=C(OCc1ccsc1)C1CCN(c2cnccn2)CC1. The molecular weight excluding hydrogens is 286 g/mol. The quantitative estimate of drug-likeness (QED) is 0.812. The molecule has 5 nitrogen and oxygen atoms in total. The number of aromatic nitrogens is 2. The van der Waals surface area contributed by atoms with Gasteiger partial charge < -0.3 is 9.64 Å². The molecule has 2 aromatic heterocycles. The van der Waals surface area contributed by atoms with Gasteiger partial charge in [0.15, 0.2) is 0 Å². The van der Waals surface area contributed by atoms with E-state index in [-0.39, 0.29) is 11.9 Å². The van der Waals surface area contributed by atoms with Gasteiger partial charge in [-0.2, -0.15) is 11.3 Å². The highest BCUT2D eigenvalue weighted by molar-refractivity contribution is 7.07. The van der Waals surface area contributed by atoms with Crippen LogP contribution in [0.2, 0.25) is 0 Å². The van der Waals surface area contributed by atoms with Crippen LogP contribution in [0.25, 0.3) is 0 Å². The molecule has 0 amide bonds. The highest BCUT2D eigenvalue weighted by Crippen LogP contribution is 2.22. The molecule has 1 aliphatic heterocycles. The van der Waals surface area contributed by atoms with Gasteiger partial charge >= 0.3 is 5.97 Å². The lowest BCUT2D eigenvalue weighted by Crippen LogP contribution is -2.37. The van der Waals surface area contributed by atoms with Crippen molar-refractivity contribution in [3.8, 4) is 0 Å². The van der Waals surface area contributed by atoms with E-state index >= 15 is 0 Å². The van der Waals surface area contributed by atoms with Gasteiger partial charge in [0.25, 0.3) is 0 Å². The number of anilines is 1. The molecule has 0 atom stereocenters. The second-order valence-corrected chi connectivity index (χ2v) is 5.84. The lowest BCUT2D eigenvalue weighted by Gasteiger charge is -2.31. The second-order valence-electron chi connectivity index (χ2n) is 5.06. The maximum atomic E-state index is 12.1. The minimum atomic E-state index is -0.0833. The summed E-state index contributed by atoms with van der Waals surface area (Å²) in [7, 11) is 0. The van der Waals surface area contributed by atoms with E-state index in [1.54, 1.807) is 29.9 Å². The van der Waals surface area contributed by atoms with Gasteiger partial charge in [0, 0.05) is 31.0 Å². The Balaban J connectivity index is 1.48. The highest BCUT2D eigenvalue weighted by atomic mass is 32.1. The topological polar surface area (TPSA) is 55.3 Å². The summed E-state index contributed by atoms with van der Waals surface area (Å²) in [5, 5.41) is 3.99. The summed E-state index contributed by atoms with van der Waals surface area (Å²) in [6, 6.07) is 1.98. The minimum absolute atomic E-state index is 0.00319. The highest BCUT2D eigenvalue weighted by Gasteiger charge is 2.26. The smallest absolute Gasteiger partial charge is 0.309 e. The van der Waals surface area contributed by atoms with Crippen molar-refractivity contribution in [2.24, 2.45) is 5.92 Å². The van der Waals surface area contributed by atoms with Crippen molar-refractivity contribution < 1.29 is 9.53 Å². The summed E-state index contributed by atoms with van der Waals surface area (Å²) < 4.78 is 5.39. The van der Waals surface area contributed by atoms with Gasteiger partial charge in [-0.3, -0.25) is 9.78 Å². The van der Waals surface area contributed by atoms with Crippen LogP contribution in [0.1, 0.15) is 18.4 Å². The first-order valence-electron chi connectivity index (χ1n) is 7.01. The molecule has 0 unspecified atom stereocenters. The number of hydrogen-bond acceptors (Lipinski definition) is 6. The number of hydrogen-bond donors (Lipinski definition) is 0. The summed E-state index contributed by atoms with van der Waals surface area (Å²) in [5.74, 6) is 0.791. The average molecular weight is 303 g/mol. The van der Waals surface area contributed by atoms with E-state index in [2.05, 4.69) is 14.9 Å². The molecule has 0 radical (unpaired) electrons. The summed E-state index contributed by atoms with van der Waals surface area (Å²) in [5.41, 5.74) is 1.06. The van der Waals surface area contributed by atoms with E-state index in [0.29, 0.717) is 6.61 Å². The molecule has 0 N–H and O–H groups in total. The second kappa shape index (κ2) is 6.67. The maximum absolute atomic E-state index is 12.1. The predicted octanol–water partition coefficient (Wildman–Crippen LogP) is 2.50. The van der Waals surface area contributed by atoms with Gasteiger partial charge in [0.05, 0.1) is 12.1 Å². The van der Waals surface area contributed by atoms with Gasteiger partial charge in [-0.25, -0.2) is 4.98 Å². The third-order valence-corrected chi connectivity index (χ3v) is 4.40. The molecule has 0 spiro atoms. The van der Waals surface area contributed by atoms with Crippen molar-refractivity contribution in [2.75, 3.05) is 18.0 Å². The van der Waals surface area contributed by atoms with Gasteiger partial charge in [-0.15, -0.1) is 0 Å². The first-order valence-corrected chi connectivity index (χ1v) is 7.96. The maximum Gasteiger partial charge on any atom is 0.309 e. The van der Waals surface area contributed by atoms with Crippen molar-refractivity contribution >= 4 is 23.1 Å². The van der Waals surface area contributed by atoms with Gasteiger partial charge in [-0.1, -0.05) is 0 Å². The number of rotatable bonds is 4. The molecule has 3 rings (SSSR count). The molecule has 6 heteroatoms. The number of nitrogens with zero attached hydrogens (tertiary/aromatic N) is 3. The molecule has 1 aliphatic rings. The number of piperidine rings is 1. The minimum Gasteiger partial charge on any atom is -0.461 e. The Morgan fingerprint density at radius 1 is 1.38 bits per heavy atom. The standard InChI is InChI=1S/C15H17N3O2S/c19-15(20-10-12-3-8-21-11-12)13-1-6-18(7-2-13)14-9-16-4-5-17-14/h3-5,8-9,11,13H,1-2,6-7,10H2. The zero-order chi connectivity index (χ0) is 14.5. The third-order valence-electron chi connectivity index (χ3n) is 3.66. The van der Waals surface area contributed by atoms with Gasteiger partial charge in [0.2, 0.25) is 0 Å². The summed E-state index contributed by atoms with van der Waals surface area (Å²) >= 11 is 1.61. The molecule has 0 saturated carbocycles. The first kappa shape index (κ1) is 14.0. The van der Waals surface area contributed by atoms with E-state index in [1.807, 2.05) is 16.8 Å².